The van der Waals surface area contributed by atoms with Gasteiger partial charge in [-0.05, 0) is 18.9 Å². The van der Waals surface area contributed by atoms with E-state index in [1.165, 1.54) is 0 Å². The van der Waals surface area contributed by atoms with E-state index < -0.39 is 18.1 Å². The molecule has 1 saturated heterocycles. The molecule has 0 aliphatic carbocycles. The fourth-order valence-electron chi connectivity index (χ4n) is 3.29. The van der Waals surface area contributed by atoms with Crippen LogP contribution in [-0.4, -0.2) is 41.4 Å². The highest BCUT2D eigenvalue weighted by Gasteiger charge is 2.44. The molecule has 0 radical (unpaired) electrons. The van der Waals surface area contributed by atoms with Gasteiger partial charge in [0.2, 0.25) is 0 Å². The Kier molecular flexibility index (Phi) is 4.52. The van der Waals surface area contributed by atoms with E-state index in [-0.39, 0.29) is 11.5 Å². The van der Waals surface area contributed by atoms with E-state index in [9.17, 15) is 18.0 Å². The lowest BCUT2D eigenvalue weighted by molar-refractivity contribution is -0.174. The number of carbonyl (C=O) groups is 1. The van der Waals surface area contributed by atoms with E-state index >= 15 is 0 Å². The van der Waals surface area contributed by atoms with Gasteiger partial charge in [-0.2, -0.15) is 13.2 Å². The quantitative estimate of drug-likeness (QED) is 0.844. The third-order valence-electron chi connectivity index (χ3n) is 4.26. The predicted octanol–water partition coefficient (Wildman–Crippen LogP) is 3.25. The Balaban J connectivity index is 2.28. The molecule has 2 rings (SSSR count). The number of fused-ring (bicyclic) bond motifs is 1. The Morgan fingerprint density at radius 3 is 2.43 bits per heavy atom. The highest BCUT2D eigenvalue weighted by molar-refractivity contribution is 5.91. The van der Waals surface area contributed by atoms with Crippen molar-refractivity contribution in [3.05, 3.63) is 11.3 Å². The van der Waals surface area contributed by atoms with Crippen LogP contribution in [0.1, 0.15) is 47.5 Å². The van der Waals surface area contributed by atoms with Crippen LogP contribution in [0.2, 0.25) is 0 Å². The van der Waals surface area contributed by atoms with Crippen molar-refractivity contribution in [3.63, 3.8) is 0 Å². The van der Waals surface area contributed by atoms with Crippen LogP contribution in [0.3, 0.4) is 0 Å². The Hall–Kier alpha value is -1.53. The summed E-state index contributed by atoms with van der Waals surface area (Å²) in [5.41, 5.74) is 1.95. The number of amidine groups is 1. The lowest BCUT2D eigenvalue weighted by Gasteiger charge is -2.37. The van der Waals surface area contributed by atoms with Crippen molar-refractivity contribution < 1.29 is 18.0 Å². The van der Waals surface area contributed by atoms with Crippen molar-refractivity contribution in [2.75, 3.05) is 6.54 Å². The first-order chi connectivity index (χ1) is 10.4. The van der Waals surface area contributed by atoms with Crippen molar-refractivity contribution in [1.29, 1.82) is 0 Å². The zero-order valence-corrected chi connectivity index (χ0v) is 14.2. The zero-order chi connectivity index (χ0) is 17.6. The van der Waals surface area contributed by atoms with Crippen LogP contribution < -0.4 is 5.32 Å². The second kappa shape index (κ2) is 5.83. The van der Waals surface area contributed by atoms with Gasteiger partial charge in [0.15, 0.2) is 0 Å². The molecule has 2 atom stereocenters. The first kappa shape index (κ1) is 17.8. The molecule has 0 saturated carbocycles. The van der Waals surface area contributed by atoms with Crippen molar-refractivity contribution in [1.82, 2.24) is 10.2 Å². The second-order valence-corrected chi connectivity index (χ2v) is 7.19. The minimum atomic E-state index is -4.85. The number of amides is 1. The van der Waals surface area contributed by atoms with Gasteiger partial charge >= 0.3 is 12.1 Å². The van der Waals surface area contributed by atoms with Gasteiger partial charge in [-0.15, -0.1) is 0 Å². The Morgan fingerprint density at radius 2 is 1.96 bits per heavy atom. The fraction of sp³-hybridized carbons (Fsp3) is 0.750. The standard InChI is InChI=1S/C16H24F3N3O/c1-6-11-9(2)20-13(15(3,4)5)22-8-10(7-12(11)22)21-14(23)16(17,18)19/h9-10H,6-8H2,1-5H3,(H,21,23)/t9-,10-/m0/s1. The van der Waals surface area contributed by atoms with Crippen LogP contribution in [0.25, 0.3) is 0 Å². The van der Waals surface area contributed by atoms with E-state index in [0.29, 0.717) is 13.0 Å². The summed E-state index contributed by atoms with van der Waals surface area (Å²) in [6, 6.07) is -0.518. The molecule has 0 aromatic carbocycles. The topological polar surface area (TPSA) is 44.7 Å². The summed E-state index contributed by atoms with van der Waals surface area (Å²) in [6.07, 6.45) is -3.63. The summed E-state index contributed by atoms with van der Waals surface area (Å²) in [4.78, 5) is 18.0. The molecule has 130 valence electrons. The Labute approximate surface area is 134 Å². The molecular weight excluding hydrogens is 307 g/mol. The molecular formula is C16H24F3N3O. The number of alkyl halides is 3. The summed E-state index contributed by atoms with van der Waals surface area (Å²) >= 11 is 0. The highest BCUT2D eigenvalue weighted by atomic mass is 19.4. The number of halogens is 3. The molecule has 0 unspecified atom stereocenters. The molecule has 1 amide bonds. The highest BCUT2D eigenvalue weighted by Crippen LogP contribution is 2.37. The minimum absolute atomic E-state index is 0.0255. The number of rotatable bonds is 2. The minimum Gasteiger partial charge on any atom is -0.343 e. The van der Waals surface area contributed by atoms with Crippen LogP contribution in [0.15, 0.2) is 16.3 Å². The predicted molar refractivity (Wildman–Crippen MR) is 83.0 cm³/mol. The number of carbonyl (C=O) groups excluding carboxylic acids is 1. The van der Waals surface area contributed by atoms with E-state index in [4.69, 9.17) is 4.99 Å². The third-order valence-corrected chi connectivity index (χ3v) is 4.26. The molecule has 0 aromatic heterocycles. The molecule has 4 nitrogen and oxygen atoms in total. The molecule has 2 aliphatic heterocycles. The van der Waals surface area contributed by atoms with Crippen molar-refractivity contribution in [2.24, 2.45) is 10.4 Å². The lowest BCUT2D eigenvalue weighted by atomic mass is 9.90. The van der Waals surface area contributed by atoms with Crippen LogP contribution in [-0.2, 0) is 4.79 Å². The monoisotopic (exact) mass is 331 g/mol. The number of hydrogen-bond donors (Lipinski definition) is 1. The molecule has 2 heterocycles. The van der Waals surface area contributed by atoms with Gasteiger partial charge in [0, 0.05) is 24.1 Å². The largest absolute Gasteiger partial charge is 0.471 e. The maximum Gasteiger partial charge on any atom is 0.471 e. The average Bonchev–Trinajstić information content (AvgIpc) is 2.78. The normalized spacial score (nSPS) is 25.4. The molecule has 2 aliphatic rings. The molecule has 0 bridgehead atoms. The smallest absolute Gasteiger partial charge is 0.343 e. The van der Waals surface area contributed by atoms with Crippen molar-refractivity contribution >= 4 is 11.7 Å². The molecule has 1 fully saturated rings. The summed E-state index contributed by atoms with van der Waals surface area (Å²) < 4.78 is 37.4. The first-order valence-electron chi connectivity index (χ1n) is 7.90. The maximum absolute atomic E-state index is 12.5. The van der Waals surface area contributed by atoms with Gasteiger partial charge in [0.25, 0.3) is 0 Å². The maximum atomic E-state index is 12.5. The van der Waals surface area contributed by atoms with Crippen molar-refractivity contribution in [3.8, 4) is 0 Å². The number of hydrogen-bond acceptors (Lipinski definition) is 3. The SMILES string of the molecule is CCC1=C2C[C@H](NC(=O)C(F)(F)F)CN2C(C(C)(C)C)=N[C@H]1C. The van der Waals surface area contributed by atoms with Gasteiger partial charge in [0.1, 0.15) is 5.84 Å². The van der Waals surface area contributed by atoms with Crippen LogP contribution in [0.5, 0.6) is 0 Å². The van der Waals surface area contributed by atoms with E-state index in [2.05, 4.69) is 5.32 Å². The van der Waals surface area contributed by atoms with Gasteiger partial charge in [-0.3, -0.25) is 9.79 Å². The molecule has 1 N–H and O–H groups in total. The van der Waals surface area contributed by atoms with Gasteiger partial charge in [0.05, 0.1) is 12.1 Å². The van der Waals surface area contributed by atoms with Crippen LogP contribution in [0.4, 0.5) is 13.2 Å². The number of aliphatic imine (C=N–C) groups is 1. The van der Waals surface area contributed by atoms with E-state index in [0.717, 1.165) is 23.5 Å². The van der Waals surface area contributed by atoms with Gasteiger partial charge in [-0.25, -0.2) is 0 Å². The summed E-state index contributed by atoms with van der Waals surface area (Å²) in [5.74, 6) is -0.996. The van der Waals surface area contributed by atoms with Crippen LogP contribution >= 0.6 is 0 Å². The average molecular weight is 331 g/mol. The fourth-order valence-corrected chi connectivity index (χ4v) is 3.29. The number of nitrogens with zero attached hydrogens (tertiary/aromatic N) is 2. The zero-order valence-electron chi connectivity index (χ0n) is 14.2. The molecule has 0 aromatic rings. The Bertz CT molecular complexity index is 558. The molecule has 7 heteroatoms. The number of nitrogens with one attached hydrogen (secondary N) is 1. The summed E-state index contributed by atoms with van der Waals surface area (Å²) in [5, 5.41) is 2.11. The summed E-state index contributed by atoms with van der Waals surface area (Å²) in [6.45, 7) is 10.5. The first-order valence-corrected chi connectivity index (χ1v) is 7.90. The summed E-state index contributed by atoms with van der Waals surface area (Å²) in [7, 11) is 0. The van der Waals surface area contributed by atoms with Gasteiger partial charge in [-0.1, -0.05) is 27.7 Å². The van der Waals surface area contributed by atoms with Gasteiger partial charge < -0.3 is 10.2 Å². The molecule has 0 spiro atoms. The second-order valence-electron chi connectivity index (χ2n) is 7.19. The van der Waals surface area contributed by atoms with E-state index in [1.807, 2.05) is 39.5 Å². The lowest BCUT2D eigenvalue weighted by Crippen LogP contribution is -2.46. The van der Waals surface area contributed by atoms with Crippen molar-refractivity contribution in [2.45, 2.75) is 65.7 Å². The molecule has 23 heavy (non-hydrogen) atoms. The van der Waals surface area contributed by atoms with E-state index in [1.54, 1.807) is 0 Å². The Morgan fingerprint density at radius 1 is 1.35 bits per heavy atom. The van der Waals surface area contributed by atoms with Crippen LogP contribution in [0, 0.1) is 5.41 Å². The third kappa shape index (κ3) is 3.53.